The molecule has 1 aromatic heterocycles. The van der Waals surface area contributed by atoms with Crippen LogP contribution in [0.4, 0.5) is 5.69 Å². The number of non-ortho nitro benzene ring substituents is 1. The smallest absolute Gasteiger partial charge is 0.269 e. The Hall–Kier alpha value is -4.04. The van der Waals surface area contributed by atoms with Crippen LogP contribution in [0.1, 0.15) is 80.1 Å². The highest BCUT2D eigenvalue weighted by Crippen LogP contribution is 2.62. The molecule has 0 radical (unpaired) electrons. The molecule has 0 saturated heterocycles. The third-order valence-corrected chi connectivity index (χ3v) is 10.6. The normalized spacial score (nSPS) is 26.1. The number of allylic oxidation sites excluding steroid dienone is 1. The van der Waals surface area contributed by atoms with E-state index >= 15 is 0 Å². The molecule has 268 valence electrons. The van der Waals surface area contributed by atoms with E-state index in [4.69, 9.17) is 21.2 Å². The van der Waals surface area contributed by atoms with Crippen molar-refractivity contribution in [2.45, 2.75) is 82.1 Å². The standard InChI is InChI=1S/C36H44ClN5O8/c37-15-5-7-26-21-38-40-41(26)33-20-31(39-49-22-23-9-11-25(12-10-23)42(47)48)29-18-24(6-1-3-16-43)28(8-2-4-17-44)34-30-19-27(45)13-14-32(30)50-36(33,46)35(29)34/h9-14,18-19,21,24,28,33-35,43-46H,1-8,15-17,20,22H2. The Morgan fingerprint density at radius 3 is 2.56 bits per heavy atom. The number of rotatable bonds is 16. The van der Waals surface area contributed by atoms with Crippen LogP contribution in [0.25, 0.3) is 0 Å². The van der Waals surface area contributed by atoms with E-state index in [0.29, 0.717) is 48.6 Å². The van der Waals surface area contributed by atoms with Gasteiger partial charge in [-0.3, -0.25) is 10.1 Å². The number of nitro benzene ring substituents is 1. The summed E-state index contributed by atoms with van der Waals surface area (Å²) in [6.45, 7) is 0.229. The van der Waals surface area contributed by atoms with Gasteiger partial charge in [0.25, 0.3) is 5.69 Å². The third-order valence-electron chi connectivity index (χ3n) is 10.3. The number of unbranched alkanes of at least 4 members (excludes halogenated alkanes) is 2. The molecule has 6 rings (SSSR count). The quantitative estimate of drug-likeness (QED) is 0.0635. The number of alkyl halides is 1. The Morgan fingerprint density at radius 1 is 1.08 bits per heavy atom. The van der Waals surface area contributed by atoms with Crippen molar-refractivity contribution in [3.05, 3.63) is 87.2 Å². The minimum absolute atomic E-state index is 0.0115. The Morgan fingerprint density at radius 2 is 1.84 bits per heavy atom. The number of phenols is 1. The third kappa shape index (κ3) is 7.23. The zero-order valence-electron chi connectivity index (χ0n) is 27.8. The molecule has 13 nitrogen and oxygen atoms in total. The first kappa shape index (κ1) is 35.8. The lowest BCUT2D eigenvalue weighted by Gasteiger charge is -2.56. The number of aliphatic hydroxyl groups is 3. The van der Waals surface area contributed by atoms with Crippen LogP contribution in [0.15, 0.2) is 65.5 Å². The van der Waals surface area contributed by atoms with Crippen molar-refractivity contribution in [1.29, 1.82) is 0 Å². The molecule has 14 heteroatoms. The molecule has 1 fully saturated rings. The average molecular weight is 710 g/mol. The van der Waals surface area contributed by atoms with Crippen LogP contribution in [-0.4, -0.2) is 70.9 Å². The highest BCUT2D eigenvalue weighted by Gasteiger charge is 2.63. The largest absolute Gasteiger partial charge is 0.508 e. The Labute approximate surface area is 295 Å². The predicted molar refractivity (Wildman–Crippen MR) is 185 cm³/mol. The maximum Gasteiger partial charge on any atom is 0.269 e. The first-order valence-corrected chi connectivity index (χ1v) is 17.9. The molecule has 1 aliphatic heterocycles. The summed E-state index contributed by atoms with van der Waals surface area (Å²) in [7, 11) is 0. The monoisotopic (exact) mass is 709 g/mol. The number of nitrogens with zero attached hydrogens (tertiary/aromatic N) is 5. The zero-order chi connectivity index (χ0) is 35.3. The number of aliphatic hydroxyl groups excluding tert-OH is 2. The lowest BCUT2D eigenvalue weighted by molar-refractivity contribution is -0.384. The highest BCUT2D eigenvalue weighted by molar-refractivity contribution is 6.17. The van der Waals surface area contributed by atoms with Gasteiger partial charge in [-0.05, 0) is 91.8 Å². The summed E-state index contributed by atoms with van der Waals surface area (Å²) in [5.74, 6) is -1.65. The fraction of sp³-hybridized carbons (Fsp3) is 0.528. The summed E-state index contributed by atoms with van der Waals surface area (Å²) in [5, 5.41) is 67.5. The van der Waals surface area contributed by atoms with Crippen molar-refractivity contribution in [2.75, 3.05) is 19.1 Å². The van der Waals surface area contributed by atoms with Gasteiger partial charge in [-0.2, -0.15) is 0 Å². The summed E-state index contributed by atoms with van der Waals surface area (Å²) in [4.78, 5) is 16.6. The van der Waals surface area contributed by atoms with Gasteiger partial charge in [0.1, 0.15) is 24.1 Å². The van der Waals surface area contributed by atoms with Crippen LogP contribution in [0.5, 0.6) is 11.5 Å². The molecular weight excluding hydrogens is 666 g/mol. The van der Waals surface area contributed by atoms with Gasteiger partial charge < -0.3 is 30.0 Å². The van der Waals surface area contributed by atoms with Crippen molar-refractivity contribution < 1.29 is 34.9 Å². The lowest BCUT2D eigenvalue weighted by atomic mass is 9.55. The highest BCUT2D eigenvalue weighted by atomic mass is 35.5. The van der Waals surface area contributed by atoms with Gasteiger partial charge in [-0.25, -0.2) is 4.68 Å². The fourth-order valence-corrected chi connectivity index (χ4v) is 8.20. The predicted octanol–water partition coefficient (Wildman–Crippen LogP) is 5.56. The molecule has 0 bridgehead atoms. The molecule has 0 amide bonds. The van der Waals surface area contributed by atoms with Crippen molar-refractivity contribution in [3.8, 4) is 11.5 Å². The number of fused-ring (bicyclic) bond motifs is 2. The maximum atomic E-state index is 13.0. The number of ether oxygens (including phenoxy) is 1. The lowest BCUT2D eigenvalue weighted by Crippen LogP contribution is -2.62. The van der Waals surface area contributed by atoms with E-state index in [1.165, 1.54) is 12.1 Å². The Bertz CT molecular complexity index is 1700. The topological polar surface area (TPSA) is 186 Å². The van der Waals surface area contributed by atoms with E-state index < -0.39 is 22.7 Å². The number of oxime groups is 1. The Balaban J connectivity index is 1.48. The van der Waals surface area contributed by atoms with Crippen LogP contribution in [0.2, 0.25) is 0 Å². The van der Waals surface area contributed by atoms with Crippen LogP contribution < -0.4 is 4.74 Å². The minimum Gasteiger partial charge on any atom is -0.508 e. The van der Waals surface area contributed by atoms with Gasteiger partial charge in [0.2, 0.25) is 5.79 Å². The van der Waals surface area contributed by atoms with E-state index in [1.54, 1.807) is 41.2 Å². The number of hydrogen-bond donors (Lipinski definition) is 4. The number of benzene rings is 2. The van der Waals surface area contributed by atoms with Crippen molar-refractivity contribution in [1.82, 2.24) is 15.0 Å². The minimum atomic E-state index is -1.79. The van der Waals surface area contributed by atoms with Gasteiger partial charge >= 0.3 is 0 Å². The number of aromatic hydroxyl groups is 1. The van der Waals surface area contributed by atoms with Gasteiger partial charge in [-0.1, -0.05) is 29.3 Å². The second-order valence-corrected chi connectivity index (χ2v) is 13.8. The number of phenolic OH excluding ortho intramolecular Hbond substituents is 1. The van der Waals surface area contributed by atoms with Crippen molar-refractivity contribution >= 4 is 23.0 Å². The van der Waals surface area contributed by atoms with Gasteiger partial charge in [-0.15, -0.1) is 16.7 Å². The molecule has 6 atom stereocenters. The molecular formula is C36H44ClN5O8. The van der Waals surface area contributed by atoms with Gasteiger partial charge in [0, 0.05) is 49.1 Å². The van der Waals surface area contributed by atoms with Crippen LogP contribution in [0.3, 0.4) is 0 Å². The number of aryl methyl sites for hydroxylation is 1. The molecule has 2 aliphatic carbocycles. The summed E-state index contributed by atoms with van der Waals surface area (Å²) >= 11 is 6.06. The Kier molecular flexibility index (Phi) is 11.4. The van der Waals surface area contributed by atoms with Crippen LogP contribution in [-0.2, 0) is 17.9 Å². The molecule has 2 heterocycles. The van der Waals surface area contributed by atoms with Crippen LogP contribution in [0, 0.1) is 27.9 Å². The average Bonchev–Trinajstić information content (AvgIpc) is 3.57. The van der Waals surface area contributed by atoms with E-state index in [2.05, 4.69) is 21.5 Å². The fourth-order valence-electron chi connectivity index (χ4n) is 8.06. The van der Waals surface area contributed by atoms with Gasteiger partial charge in [0.15, 0.2) is 0 Å². The second kappa shape index (κ2) is 15.9. The van der Waals surface area contributed by atoms with Crippen molar-refractivity contribution in [3.63, 3.8) is 0 Å². The maximum absolute atomic E-state index is 13.0. The molecule has 6 unspecified atom stereocenters. The van der Waals surface area contributed by atoms with Crippen molar-refractivity contribution in [2.24, 2.45) is 22.9 Å². The summed E-state index contributed by atoms with van der Waals surface area (Å²) in [6.07, 6.45) is 9.73. The summed E-state index contributed by atoms with van der Waals surface area (Å²) in [5.41, 5.74) is 3.67. The first-order chi connectivity index (χ1) is 24.3. The summed E-state index contributed by atoms with van der Waals surface area (Å²) < 4.78 is 8.35. The molecule has 3 aliphatic rings. The van der Waals surface area contributed by atoms with Gasteiger partial charge in [0.05, 0.1) is 28.4 Å². The number of hydrogen-bond acceptors (Lipinski definition) is 11. The second-order valence-electron chi connectivity index (χ2n) is 13.4. The molecule has 4 N–H and O–H groups in total. The zero-order valence-corrected chi connectivity index (χ0v) is 28.6. The molecule has 2 aromatic carbocycles. The SMILES string of the molecule is O=[N+]([O-])c1ccc(CON=C2CC(n3nncc3CCCCl)C3(O)Oc4ccc(O)cc4C4C(CCCCO)C(CCCCO)C=C2C43)cc1. The number of halogens is 1. The number of nitro groups is 1. The molecule has 1 saturated carbocycles. The molecule has 50 heavy (non-hydrogen) atoms. The van der Waals surface area contributed by atoms with E-state index in [0.717, 1.165) is 42.5 Å². The van der Waals surface area contributed by atoms with E-state index in [-0.39, 0.29) is 55.4 Å². The van der Waals surface area contributed by atoms with E-state index in [1.807, 2.05) is 0 Å². The molecule has 0 spiro atoms. The van der Waals surface area contributed by atoms with E-state index in [9.17, 15) is 30.5 Å². The summed E-state index contributed by atoms with van der Waals surface area (Å²) in [6, 6.07) is 10.3. The number of aromatic nitrogens is 3. The first-order valence-electron chi connectivity index (χ1n) is 17.3. The van der Waals surface area contributed by atoms with Crippen LogP contribution >= 0.6 is 11.6 Å². The molecule has 3 aromatic rings.